The molecule has 0 saturated heterocycles. The number of hydrogen-bond acceptors (Lipinski definition) is 4. The molecule has 5 nitrogen and oxygen atoms in total. The molecule has 1 aliphatic rings. The number of esters is 1. The highest BCUT2D eigenvalue weighted by Crippen LogP contribution is 2.41. The summed E-state index contributed by atoms with van der Waals surface area (Å²) in [6.45, 7) is 0. The van der Waals surface area contributed by atoms with E-state index in [1.54, 1.807) is 16.6 Å². The summed E-state index contributed by atoms with van der Waals surface area (Å²) >= 11 is 0. The van der Waals surface area contributed by atoms with Crippen LogP contribution in [0.5, 0.6) is 0 Å². The first-order valence-electron chi connectivity index (χ1n) is 6.50. The van der Waals surface area contributed by atoms with Crippen molar-refractivity contribution in [2.24, 2.45) is 0 Å². The van der Waals surface area contributed by atoms with E-state index in [-0.39, 0.29) is 18.4 Å². The number of hydrogen-bond donors (Lipinski definition) is 0. The van der Waals surface area contributed by atoms with Crippen LogP contribution in [0.1, 0.15) is 18.0 Å². The van der Waals surface area contributed by atoms with Gasteiger partial charge in [0, 0.05) is 11.8 Å². The molecule has 2 heterocycles. The second-order valence-electron chi connectivity index (χ2n) is 4.60. The van der Waals surface area contributed by atoms with Gasteiger partial charge in [0.2, 0.25) is 0 Å². The van der Waals surface area contributed by atoms with Gasteiger partial charge in [0.1, 0.15) is 0 Å². The quantitative estimate of drug-likeness (QED) is 0.816. The zero-order chi connectivity index (χ0) is 14.8. The summed E-state index contributed by atoms with van der Waals surface area (Å²) in [6, 6.07) is 12.7. The number of rotatable bonds is 3. The first-order valence-corrected chi connectivity index (χ1v) is 7.61. The summed E-state index contributed by atoms with van der Waals surface area (Å²) in [7, 11) is -0.0681. The average molecular weight is 302 g/mol. The first kappa shape index (κ1) is 13.8. The van der Waals surface area contributed by atoms with E-state index >= 15 is 0 Å². The molecule has 0 fully saturated rings. The van der Waals surface area contributed by atoms with Gasteiger partial charge < -0.3 is 4.74 Å². The molecule has 1 aromatic carbocycles. The van der Waals surface area contributed by atoms with E-state index in [2.05, 4.69) is 4.98 Å². The molecule has 1 aromatic heterocycles. The summed E-state index contributed by atoms with van der Waals surface area (Å²) in [6.07, 6.45) is 1.75. The van der Waals surface area contributed by atoms with Crippen molar-refractivity contribution < 1.29 is 13.7 Å². The Morgan fingerprint density at radius 3 is 2.76 bits per heavy atom. The summed E-state index contributed by atoms with van der Waals surface area (Å²) in [4.78, 5) is 15.9. The van der Waals surface area contributed by atoms with E-state index in [0.29, 0.717) is 5.03 Å². The smallest absolute Gasteiger partial charge is 0.307 e. The number of methoxy groups -OCH3 is 1. The first-order chi connectivity index (χ1) is 10.2. The van der Waals surface area contributed by atoms with Crippen LogP contribution in [-0.2, 0) is 20.5 Å². The number of carbonyl (C=O) groups is 1. The lowest BCUT2D eigenvalue weighted by molar-refractivity contribution is -0.141. The highest BCUT2D eigenvalue weighted by Gasteiger charge is 2.39. The van der Waals surface area contributed by atoms with Gasteiger partial charge in [-0.25, -0.2) is 9.19 Å². The van der Waals surface area contributed by atoms with Crippen molar-refractivity contribution in [2.75, 3.05) is 11.4 Å². The molecule has 0 N–H and O–H groups in total. The Labute approximate surface area is 125 Å². The number of aromatic nitrogens is 1. The molecular formula is C15H14N2O3S. The Hall–Kier alpha value is -2.21. The number of carbonyl (C=O) groups excluding carboxylic acids is 1. The molecule has 6 heteroatoms. The molecule has 2 atom stereocenters. The van der Waals surface area contributed by atoms with E-state index in [1.165, 1.54) is 7.11 Å². The van der Waals surface area contributed by atoms with Crippen LogP contribution < -0.4 is 4.31 Å². The predicted octanol–water partition coefficient (Wildman–Crippen LogP) is 2.23. The number of ether oxygens (including phenoxy) is 1. The molecule has 0 bridgehead atoms. The van der Waals surface area contributed by atoms with Crippen molar-refractivity contribution >= 4 is 22.6 Å². The van der Waals surface area contributed by atoms with Crippen LogP contribution >= 0.6 is 0 Å². The molecule has 0 saturated carbocycles. The molecule has 108 valence electrons. The molecule has 0 aliphatic carbocycles. The van der Waals surface area contributed by atoms with Crippen molar-refractivity contribution in [3.63, 3.8) is 0 Å². The van der Waals surface area contributed by atoms with Crippen molar-refractivity contribution in [3.05, 3.63) is 54.2 Å². The van der Waals surface area contributed by atoms with Gasteiger partial charge in [-0.05, 0) is 18.2 Å². The van der Waals surface area contributed by atoms with Crippen LogP contribution in [0.25, 0.3) is 0 Å². The molecule has 2 unspecified atom stereocenters. The fourth-order valence-corrected chi connectivity index (χ4v) is 3.90. The highest BCUT2D eigenvalue weighted by atomic mass is 32.2. The van der Waals surface area contributed by atoms with Gasteiger partial charge in [-0.2, -0.15) is 0 Å². The number of fused-ring (bicyclic) bond motifs is 1. The van der Waals surface area contributed by atoms with E-state index < -0.39 is 11.0 Å². The number of pyridine rings is 1. The zero-order valence-corrected chi connectivity index (χ0v) is 12.2. The van der Waals surface area contributed by atoms with Gasteiger partial charge >= 0.3 is 5.97 Å². The Morgan fingerprint density at radius 2 is 2.05 bits per heavy atom. The third-order valence-electron chi connectivity index (χ3n) is 3.39. The SMILES string of the molecule is COC(=O)CC1c2cccnc2S(=O)N1c1ccccc1. The van der Waals surface area contributed by atoms with Crippen LogP contribution in [0.2, 0.25) is 0 Å². The minimum absolute atomic E-state index is 0.135. The molecule has 0 amide bonds. The highest BCUT2D eigenvalue weighted by molar-refractivity contribution is 7.86. The van der Waals surface area contributed by atoms with Crippen molar-refractivity contribution in [3.8, 4) is 0 Å². The Balaban J connectivity index is 2.06. The van der Waals surface area contributed by atoms with E-state index in [4.69, 9.17) is 4.74 Å². The monoisotopic (exact) mass is 302 g/mol. The average Bonchev–Trinajstić information content (AvgIpc) is 2.81. The lowest BCUT2D eigenvalue weighted by Gasteiger charge is -2.24. The maximum absolute atomic E-state index is 12.7. The van der Waals surface area contributed by atoms with Crippen LogP contribution in [0.4, 0.5) is 5.69 Å². The minimum Gasteiger partial charge on any atom is -0.469 e. The molecule has 0 radical (unpaired) electrons. The van der Waals surface area contributed by atoms with Crippen LogP contribution in [0.3, 0.4) is 0 Å². The number of benzene rings is 1. The fraction of sp³-hybridized carbons (Fsp3) is 0.200. The van der Waals surface area contributed by atoms with Crippen LogP contribution in [-0.4, -0.2) is 22.3 Å². The van der Waals surface area contributed by atoms with Crippen molar-refractivity contribution in [1.29, 1.82) is 0 Å². The van der Waals surface area contributed by atoms with Crippen molar-refractivity contribution in [2.45, 2.75) is 17.5 Å². The van der Waals surface area contributed by atoms with Gasteiger partial charge in [-0.1, -0.05) is 24.3 Å². The van der Waals surface area contributed by atoms with E-state index in [1.807, 2.05) is 36.4 Å². The maximum Gasteiger partial charge on any atom is 0.307 e. The fourth-order valence-electron chi connectivity index (χ4n) is 2.42. The molecule has 1 aliphatic heterocycles. The van der Waals surface area contributed by atoms with Gasteiger partial charge in [-0.3, -0.25) is 9.10 Å². The third kappa shape index (κ3) is 2.42. The number of anilines is 1. The van der Waals surface area contributed by atoms with Gasteiger partial charge in [0.15, 0.2) is 16.0 Å². The lowest BCUT2D eigenvalue weighted by atomic mass is 10.1. The van der Waals surface area contributed by atoms with Crippen LogP contribution in [0, 0.1) is 0 Å². The van der Waals surface area contributed by atoms with E-state index in [0.717, 1.165) is 11.3 Å². The van der Waals surface area contributed by atoms with Gasteiger partial charge in [-0.15, -0.1) is 0 Å². The number of para-hydroxylation sites is 1. The summed E-state index contributed by atoms with van der Waals surface area (Å²) in [5.74, 6) is -0.338. The molecule has 3 rings (SSSR count). The summed E-state index contributed by atoms with van der Waals surface area (Å²) in [5.41, 5.74) is 1.60. The Morgan fingerprint density at radius 1 is 1.29 bits per heavy atom. The standard InChI is InChI=1S/C15H14N2O3S/c1-20-14(18)10-13-12-8-5-9-16-15(12)21(19)17(13)11-6-3-2-4-7-11/h2-9,13H,10H2,1H3. The summed E-state index contributed by atoms with van der Waals surface area (Å²) < 4.78 is 19.2. The minimum atomic E-state index is -1.42. The Kier molecular flexibility index (Phi) is 3.70. The maximum atomic E-state index is 12.7. The molecular weight excluding hydrogens is 288 g/mol. The van der Waals surface area contributed by atoms with Gasteiger partial charge in [0.05, 0.1) is 25.3 Å². The number of nitrogens with zero attached hydrogens (tertiary/aromatic N) is 2. The Bertz CT molecular complexity index is 690. The van der Waals surface area contributed by atoms with E-state index in [9.17, 15) is 9.00 Å². The molecule has 21 heavy (non-hydrogen) atoms. The second-order valence-corrected chi connectivity index (χ2v) is 5.88. The topological polar surface area (TPSA) is 59.5 Å². The van der Waals surface area contributed by atoms with Crippen LogP contribution in [0.15, 0.2) is 53.7 Å². The predicted molar refractivity (Wildman–Crippen MR) is 78.9 cm³/mol. The van der Waals surface area contributed by atoms with Gasteiger partial charge in [0.25, 0.3) is 0 Å². The molecule has 0 spiro atoms. The third-order valence-corrected chi connectivity index (χ3v) is 4.88. The normalized spacial score (nSPS) is 20.1. The van der Waals surface area contributed by atoms with Crippen molar-refractivity contribution in [1.82, 2.24) is 4.98 Å². The second kappa shape index (κ2) is 5.65. The lowest BCUT2D eigenvalue weighted by Crippen LogP contribution is -2.26. The zero-order valence-electron chi connectivity index (χ0n) is 11.4. The largest absolute Gasteiger partial charge is 0.469 e. The summed E-state index contributed by atoms with van der Waals surface area (Å²) in [5, 5.41) is 0.509. The molecule has 2 aromatic rings.